The fourth-order valence-corrected chi connectivity index (χ4v) is 1.55. The van der Waals surface area contributed by atoms with Gasteiger partial charge in [-0.15, -0.1) is 6.58 Å². The van der Waals surface area contributed by atoms with Crippen molar-refractivity contribution in [3.8, 4) is 11.5 Å². The van der Waals surface area contributed by atoms with Crippen molar-refractivity contribution >= 4 is 0 Å². The molecular formula is C14H21NO2. The van der Waals surface area contributed by atoms with E-state index >= 15 is 0 Å². The van der Waals surface area contributed by atoms with Gasteiger partial charge in [0, 0.05) is 17.7 Å². The quantitative estimate of drug-likeness (QED) is 0.583. The molecule has 1 aromatic rings. The summed E-state index contributed by atoms with van der Waals surface area (Å²) in [6.45, 7) is 6.29. The van der Waals surface area contributed by atoms with Crippen LogP contribution in [0.3, 0.4) is 0 Å². The van der Waals surface area contributed by atoms with E-state index in [1.165, 1.54) is 0 Å². The Morgan fingerprint density at radius 1 is 1.47 bits per heavy atom. The fraction of sp³-hybridized carbons (Fsp3) is 0.429. The molecule has 0 radical (unpaired) electrons. The zero-order valence-electron chi connectivity index (χ0n) is 10.6. The van der Waals surface area contributed by atoms with E-state index in [0.717, 1.165) is 29.9 Å². The van der Waals surface area contributed by atoms with Crippen LogP contribution in [0.2, 0.25) is 0 Å². The molecule has 0 aliphatic heterocycles. The van der Waals surface area contributed by atoms with E-state index in [4.69, 9.17) is 15.2 Å². The zero-order valence-corrected chi connectivity index (χ0v) is 10.6. The highest BCUT2D eigenvalue weighted by atomic mass is 16.5. The zero-order chi connectivity index (χ0) is 12.7. The minimum Gasteiger partial charge on any atom is -0.497 e. The van der Waals surface area contributed by atoms with Crippen molar-refractivity contribution < 1.29 is 9.47 Å². The molecule has 1 aromatic carbocycles. The van der Waals surface area contributed by atoms with Crippen LogP contribution < -0.4 is 15.2 Å². The molecule has 94 valence electrons. The van der Waals surface area contributed by atoms with Crippen molar-refractivity contribution in [2.45, 2.75) is 25.8 Å². The van der Waals surface area contributed by atoms with Crippen LogP contribution in [0.4, 0.5) is 0 Å². The standard InChI is InChI=1S/C14H21NO2/c1-4-5-6-9-17-14-10-12(16-3)7-8-13(14)11(2)15/h4,7-8,10-11H,1,5-6,9,15H2,2-3H3. The van der Waals surface area contributed by atoms with Gasteiger partial charge in [-0.1, -0.05) is 12.1 Å². The summed E-state index contributed by atoms with van der Waals surface area (Å²) in [6.07, 6.45) is 3.80. The van der Waals surface area contributed by atoms with Gasteiger partial charge in [0.25, 0.3) is 0 Å². The Bertz CT molecular complexity index is 361. The monoisotopic (exact) mass is 235 g/mol. The lowest BCUT2D eigenvalue weighted by Gasteiger charge is -2.15. The summed E-state index contributed by atoms with van der Waals surface area (Å²) in [4.78, 5) is 0. The molecule has 2 N–H and O–H groups in total. The number of hydrogen-bond acceptors (Lipinski definition) is 3. The SMILES string of the molecule is C=CCCCOc1cc(OC)ccc1C(C)N. The van der Waals surface area contributed by atoms with E-state index in [1.54, 1.807) is 7.11 Å². The molecule has 0 amide bonds. The average molecular weight is 235 g/mol. The van der Waals surface area contributed by atoms with Crippen molar-refractivity contribution in [2.75, 3.05) is 13.7 Å². The lowest BCUT2D eigenvalue weighted by Crippen LogP contribution is -2.08. The first-order valence-corrected chi connectivity index (χ1v) is 5.86. The van der Waals surface area contributed by atoms with Gasteiger partial charge in [-0.2, -0.15) is 0 Å². The van der Waals surface area contributed by atoms with Gasteiger partial charge < -0.3 is 15.2 Å². The van der Waals surface area contributed by atoms with Crippen molar-refractivity contribution in [3.05, 3.63) is 36.4 Å². The van der Waals surface area contributed by atoms with Gasteiger partial charge >= 0.3 is 0 Å². The molecule has 1 atom stereocenters. The van der Waals surface area contributed by atoms with E-state index < -0.39 is 0 Å². The van der Waals surface area contributed by atoms with Gasteiger partial charge in [0.2, 0.25) is 0 Å². The van der Waals surface area contributed by atoms with Crippen molar-refractivity contribution in [3.63, 3.8) is 0 Å². The van der Waals surface area contributed by atoms with Gasteiger partial charge in [0.05, 0.1) is 13.7 Å². The highest BCUT2D eigenvalue weighted by molar-refractivity contribution is 5.42. The normalized spacial score (nSPS) is 11.9. The molecule has 1 rings (SSSR count). The molecule has 3 heteroatoms. The number of benzene rings is 1. The van der Waals surface area contributed by atoms with Gasteiger partial charge in [0.1, 0.15) is 11.5 Å². The molecular weight excluding hydrogens is 214 g/mol. The lowest BCUT2D eigenvalue weighted by atomic mass is 10.1. The van der Waals surface area contributed by atoms with Crippen molar-refractivity contribution in [2.24, 2.45) is 5.73 Å². The van der Waals surface area contributed by atoms with Crippen LogP contribution in [0.5, 0.6) is 11.5 Å². The smallest absolute Gasteiger partial charge is 0.127 e. The fourth-order valence-electron chi connectivity index (χ4n) is 1.55. The predicted molar refractivity (Wildman–Crippen MR) is 70.5 cm³/mol. The first-order chi connectivity index (χ1) is 8.19. The predicted octanol–water partition coefficient (Wildman–Crippen LogP) is 3.06. The molecule has 17 heavy (non-hydrogen) atoms. The molecule has 0 aliphatic rings. The third-order valence-corrected chi connectivity index (χ3v) is 2.52. The maximum atomic E-state index is 5.90. The van der Waals surface area contributed by atoms with Crippen LogP contribution in [0.25, 0.3) is 0 Å². The van der Waals surface area contributed by atoms with Gasteiger partial charge in [0.15, 0.2) is 0 Å². The number of allylic oxidation sites excluding steroid dienone is 1. The molecule has 0 bridgehead atoms. The Balaban J connectivity index is 2.74. The van der Waals surface area contributed by atoms with E-state index in [1.807, 2.05) is 31.2 Å². The van der Waals surface area contributed by atoms with Gasteiger partial charge in [-0.05, 0) is 25.8 Å². The number of ether oxygens (including phenoxy) is 2. The number of rotatable bonds is 7. The van der Waals surface area contributed by atoms with E-state index in [9.17, 15) is 0 Å². The Labute approximate surface area is 103 Å². The van der Waals surface area contributed by atoms with Crippen LogP contribution in [0.1, 0.15) is 31.4 Å². The lowest BCUT2D eigenvalue weighted by molar-refractivity contribution is 0.305. The summed E-state index contributed by atoms with van der Waals surface area (Å²) < 4.78 is 10.9. The van der Waals surface area contributed by atoms with Crippen LogP contribution in [-0.4, -0.2) is 13.7 Å². The topological polar surface area (TPSA) is 44.5 Å². The molecule has 0 heterocycles. The summed E-state index contributed by atoms with van der Waals surface area (Å²) in [5, 5.41) is 0. The molecule has 0 aromatic heterocycles. The summed E-state index contributed by atoms with van der Waals surface area (Å²) >= 11 is 0. The maximum absolute atomic E-state index is 5.90. The Morgan fingerprint density at radius 3 is 2.82 bits per heavy atom. The first-order valence-electron chi connectivity index (χ1n) is 5.86. The van der Waals surface area contributed by atoms with Crippen LogP contribution in [0.15, 0.2) is 30.9 Å². The molecule has 0 spiro atoms. The number of methoxy groups -OCH3 is 1. The molecule has 3 nitrogen and oxygen atoms in total. The van der Waals surface area contributed by atoms with Crippen LogP contribution >= 0.6 is 0 Å². The summed E-state index contributed by atoms with van der Waals surface area (Å²) in [5.74, 6) is 1.59. The third-order valence-electron chi connectivity index (χ3n) is 2.52. The first kappa shape index (κ1) is 13.6. The molecule has 0 aliphatic carbocycles. The van der Waals surface area contributed by atoms with Crippen molar-refractivity contribution in [1.29, 1.82) is 0 Å². The minimum absolute atomic E-state index is 0.0460. The molecule has 0 saturated carbocycles. The van der Waals surface area contributed by atoms with Crippen molar-refractivity contribution in [1.82, 2.24) is 0 Å². The Morgan fingerprint density at radius 2 is 2.24 bits per heavy atom. The summed E-state index contributed by atoms with van der Waals surface area (Å²) in [5.41, 5.74) is 6.90. The van der Waals surface area contributed by atoms with Gasteiger partial charge in [-0.3, -0.25) is 0 Å². The highest BCUT2D eigenvalue weighted by Gasteiger charge is 2.09. The number of nitrogens with two attached hydrogens (primary N) is 1. The molecule has 0 saturated heterocycles. The summed E-state index contributed by atoms with van der Waals surface area (Å²) in [6, 6.07) is 5.68. The van der Waals surface area contributed by atoms with Crippen LogP contribution in [-0.2, 0) is 0 Å². The van der Waals surface area contributed by atoms with Gasteiger partial charge in [-0.25, -0.2) is 0 Å². The second kappa shape index (κ2) is 6.97. The largest absolute Gasteiger partial charge is 0.497 e. The minimum atomic E-state index is -0.0460. The van der Waals surface area contributed by atoms with E-state index in [-0.39, 0.29) is 6.04 Å². The second-order valence-electron chi connectivity index (χ2n) is 3.97. The Hall–Kier alpha value is -1.48. The number of unbranched alkanes of at least 4 members (excludes halogenated alkanes) is 1. The maximum Gasteiger partial charge on any atom is 0.127 e. The Kier molecular flexibility index (Phi) is 5.57. The molecule has 0 fully saturated rings. The number of hydrogen-bond donors (Lipinski definition) is 1. The van der Waals surface area contributed by atoms with E-state index in [0.29, 0.717) is 6.61 Å². The highest BCUT2D eigenvalue weighted by Crippen LogP contribution is 2.28. The van der Waals surface area contributed by atoms with E-state index in [2.05, 4.69) is 6.58 Å². The average Bonchev–Trinajstić information content (AvgIpc) is 2.34. The second-order valence-corrected chi connectivity index (χ2v) is 3.97. The third kappa shape index (κ3) is 4.11. The van der Waals surface area contributed by atoms with Crippen LogP contribution in [0, 0.1) is 0 Å². The summed E-state index contributed by atoms with van der Waals surface area (Å²) in [7, 11) is 1.64. The molecule has 1 unspecified atom stereocenters.